The monoisotopic (exact) mass is 202 g/mol. The highest BCUT2D eigenvalue weighted by Crippen LogP contribution is 2.14. The lowest BCUT2D eigenvalue weighted by molar-refractivity contribution is 0.612. The summed E-state index contributed by atoms with van der Waals surface area (Å²) in [5, 5.41) is -0.0210. The van der Waals surface area contributed by atoms with Gasteiger partial charge in [-0.1, -0.05) is 0 Å². The molecule has 0 radical (unpaired) electrons. The second-order valence-electron chi connectivity index (χ2n) is 2.52. The molecular formula is C7H8ClFN4. The van der Waals surface area contributed by atoms with Crippen molar-refractivity contribution in [3.8, 4) is 0 Å². The first kappa shape index (κ1) is 9.85. The van der Waals surface area contributed by atoms with E-state index < -0.39 is 5.82 Å². The number of aromatic nitrogens is 2. The number of aliphatic imine (C=N–C) groups is 1. The molecule has 0 bridgehead atoms. The quantitative estimate of drug-likeness (QED) is 0.415. The van der Waals surface area contributed by atoms with Gasteiger partial charge < -0.3 is 4.90 Å². The summed E-state index contributed by atoms with van der Waals surface area (Å²) in [6.45, 7) is 0. The second kappa shape index (κ2) is 4.13. The van der Waals surface area contributed by atoms with E-state index in [0.717, 1.165) is 6.20 Å². The van der Waals surface area contributed by atoms with Crippen LogP contribution in [0.2, 0.25) is 5.28 Å². The van der Waals surface area contributed by atoms with E-state index in [4.69, 9.17) is 11.6 Å². The highest BCUT2D eigenvalue weighted by atomic mass is 35.5. The standard InChI is InChI=1S/C7H8ClFN4/c1-13(2)4-11-6-5(9)3-10-7(8)12-6/h3-4H,1-2H3. The van der Waals surface area contributed by atoms with Crippen LogP contribution in [0.3, 0.4) is 0 Å². The van der Waals surface area contributed by atoms with Crippen LogP contribution < -0.4 is 0 Å². The van der Waals surface area contributed by atoms with Crippen molar-refractivity contribution < 1.29 is 4.39 Å². The van der Waals surface area contributed by atoms with Crippen molar-refractivity contribution in [1.82, 2.24) is 14.9 Å². The van der Waals surface area contributed by atoms with Crippen LogP contribution in [0, 0.1) is 5.82 Å². The Bertz CT molecular complexity index is 326. The molecule has 1 aromatic rings. The Morgan fingerprint density at radius 1 is 1.62 bits per heavy atom. The maximum absolute atomic E-state index is 12.9. The summed E-state index contributed by atoms with van der Waals surface area (Å²) < 4.78 is 12.9. The molecule has 1 rings (SSSR count). The zero-order chi connectivity index (χ0) is 9.84. The van der Waals surface area contributed by atoms with E-state index in [1.807, 2.05) is 0 Å². The van der Waals surface area contributed by atoms with Gasteiger partial charge in [0.1, 0.15) is 0 Å². The predicted molar refractivity (Wildman–Crippen MR) is 48.8 cm³/mol. The van der Waals surface area contributed by atoms with Crippen LogP contribution in [0.5, 0.6) is 0 Å². The van der Waals surface area contributed by atoms with Crippen LogP contribution in [0.1, 0.15) is 0 Å². The summed E-state index contributed by atoms with van der Waals surface area (Å²) >= 11 is 5.46. The third-order valence-corrected chi connectivity index (χ3v) is 1.29. The summed E-state index contributed by atoms with van der Waals surface area (Å²) in [6, 6.07) is 0. The Morgan fingerprint density at radius 3 is 2.92 bits per heavy atom. The van der Waals surface area contributed by atoms with Crippen molar-refractivity contribution >= 4 is 23.8 Å². The Morgan fingerprint density at radius 2 is 2.31 bits per heavy atom. The van der Waals surface area contributed by atoms with E-state index in [2.05, 4.69) is 15.0 Å². The first-order valence-corrected chi connectivity index (χ1v) is 3.86. The van der Waals surface area contributed by atoms with Crippen molar-refractivity contribution in [3.05, 3.63) is 17.3 Å². The van der Waals surface area contributed by atoms with Gasteiger partial charge >= 0.3 is 0 Å². The fraction of sp³-hybridized carbons (Fsp3) is 0.286. The highest BCUT2D eigenvalue weighted by Gasteiger charge is 2.02. The number of hydrogen-bond donors (Lipinski definition) is 0. The molecule has 0 amide bonds. The van der Waals surface area contributed by atoms with Crippen molar-refractivity contribution in [2.75, 3.05) is 14.1 Å². The molecule has 0 spiro atoms. The number of rotatable bonds is 2. The first-order valence-electron chi connectivity index (χ1n) is 3.48. The van der Waals surface area contributed by atoms with Crippen LogP contribution in [0.25, 0.3) is 0 Å². The molecule has 0 unspecified atom stereocenters. The summed E-state index contributed by atoms with van der Waals surface area (Å²) in [5.41, 5.74) is 0. The number of hydrogen-bond acceptors (Lipinski definition) is 3. The molecule has 0 aliphatic rings. The molecule has 1 aromatic heterocycles. The van der Waals surface area contributed by atoms with Gasteiger partial charge in [0.15, 0.2) is 11.6 Å². The molecule has 70 valence electrons. The van der Waals surface area contributed by atoms with Gasteiger partial charge in [0.2, 0.25) is 5.28 Å². The minimum absolute atomic E-state index is 0.0210. The smallest absolute Gasteiger partial charge is 0.224 e. The minimum Gasteiger partial charge on any atom is -0.369 e. The van der Waals surface area contributed by atoms with Crippen molar-refractivity contribution in [3.63, 3.8) is 0 Å². The van der Waals surface area contributed by atoms with Gasteiger partial charge in [0.05, 0.1) is 12.5 Å². The predicted octanol–water partition coefficient (Wildman–Crippen LogP) is 1.49. The van der Waals surface area contributed by atoms with Gasteiger partial charge in [-0.15, -0.1) is 0 Å². The lowest BCUT2D eigenvalue weighted by Crippen LogP contribution is -2.07. The van der Waals surface area contributed by atoms with Crippen molar-refractivity contribution in [1.29, 1.82) is 0 Å². The molecule has 0 aromatic carbocycles. The second-order valence-corrected chi connectivity index (χ2v) is 2.86. The molecule has 4 nitrogen and oxygen atoms in total. The van der Waals surface area contributed by atoms with E-state index >= 15 is 0 Å². The molecule has 0 aliphatic carbocycles. The van der Waals surface area contributed by atoms with Crippen molar-refractivity contribution in [2.45, 2.75) is 0 Å². The molecule has 0 N–H and O–H groups in total. The van der Waals surface area contributed by atoms with Crippen LogP contribution in [0.15, 0.2) is 11.2 Å². The van der Waals surface area contributed by atoms with E-state index in [9.17, 15) is 4.39 Å². The van der Waals surface area contributed by atoms with Crippen LogP contribution in [-0.4, -0.2) is 35.3 Å². The molecule has 0 fully saturated rings. The maximum Gasteiger partial charge on any atom is 0.224 e. The first-order chi connectivity index (χ1) is 6.09. The summed E-state index contributed by atoms with van der Waals surface area (Å²) in [4.78, 5) is 12.5. The zero-order valence-corrected chi connectivity index (χ0v) is 7.96. The fourth-order valence-corrected chi connectivity index (χ4v) is 0.727. The average molecular weight is 203 g/mol. The van der Waals surface area contributed by atoms with Gasteiger partial charge in [-0.05, 0) is 11.6 Å². The third kappa shape index (κ3) is 2.95. The fourth-order valence-electron chi connectivity index (χ4n) is 0.598. The third-order valence-electron chi connectivity index (χ3n) is 1.11. The lowest BCUT2D eigenvalue weighted by atomic mass is 10.6. The van der Waals surface area contributed by atoms with E-state index in [1.165, 1.54) is 6.34 Å². The van der Waals surface area contributed by atoms with Gasteiger partial charge in [0, 0.05) is 14.1 Å². The van der Waals surface area contributed by atoms with Gasteiger partial charge in [-0.3, -0.25) is 0 Å². The van der Waals surface area contributed by atoms with E-state index in [-0.39, 0.29) is 11.1 Å². The zero-order valence-electron chi connectivity index (χ0n) is 7.20. The van der Waals surface area contributed by atoms with Crippen LogP contribution >= 0.6 is 11.6 Å². The molecule has 6 heteroatoms. The molecule has 0 saturated carbocycles. The average Bonchev–Trinajstić information content (AvgIpc) is 2.06. The molecule has 0 atom stereocenters. The Labute approximate surface area is 80.1 Å². The van der Waals surface area contributed by atoms with Gasteiger partial charge in [-0.25, -0.2) is 14.4 Å². The highest BCUT2D eigenvalue weighted by molar-refractivity contribution is 6.28. The normalized spacial score (nSPS) is 10.8. The topological polar surface area (TPSA) is 41.4 Å². The molecule has 0 saturated heterocycles. The van der Waals surface area contributed by atoms with E-state index in [0.29, 0.717) is 0 Å². The lowest BCUT2D eigenvalue weighted by Gasteiger charge is -2.01. The molecule has 13 heavy (non-hydrogen) atoms. The Hall–Kier alpha value is -1.23. The SMILES string of the molecule is CN(C)C=Nc1nc(Cl)ncc1F. The van der Waals surface area contributed by atoms with E-state index in [1.54, 1.807) is 19.0 Å². The van der Waals surface area contributed by atoms with Crippen LogP contribution in [-0.2, 0) is 0 Å². The molecule has 0 aliphatic heterocycles. The number of nitrogens with zero attached hydrogens (tertiary/aromatic N) is 4. The largest absolute Gasteiger partial charge is 0.369 e. The van der Waals surface area contributed by atoms with Gasteiger partial charge in [-0.2, -0.15) is 4.98 Å². The summed E-state index contributed by atoms with van der Waals surface area (Å²) in [6.07, 6.45) is 2.42. The Kier molecular flexibility index (Phi) is 3.13. The number of halogens is 2. The summed E-state index contributed by atoms with van der Waals surface area (Å²) in [5.74, 6) is -0.656. The Balaban J connectivity index is 2.93. The molecular weight excluding hydrogens is 195 g/mol. The minimum atomic E-state index is -0.595. The summed E-state index contributed by atoms with van der Waals surface area (Å²) in [7, 11) is 3.54. The maximum atomic E-state index is 12.9. The van der Waals surface area contributed by atoms with Crippen LogP contribution in [0.4, 0.5) is 10.2 Å². The van der Waals surface area contributed by atoms with Gasteiger partial charge in [0.25, 0.3) is 0 Å². The van der Waals surface area contributed by atoms with Crippen molar-refractivity contribution in [2.24, 2.45) is 4.99 Å². The molecule has 1 heterocycles.